The molecule has 4 aliphatic rings. The van der Waals surface area contributed by atoms with E-state index in [1.54, 1.807) is 41.5 Å². The molecule has 15 unspecified atom stereocenters. The fourth-order valence-electron chi connectivity index (χ4n) is 12.7. The number of carboxylic acids is 1. The predicted octanol–water partition coefficient (Wildman–Crippen LogP) is 9.57. The zero-order chi connectivity index (χ0) is 49.2. The van der Waals surface area contributed by atoms with Crippen molar-refractivity contribution in [2.24, 2.45) is 70.5 Å². The Labute approximate surface area is 395 Å². The van der Waals surface area contributed by atoms with Crippen LogP contribution < -0.4 is 0 Å². The van der Waals surface area contributed by atoms with Crippen LogP contribution in [-0.4, -0.2) is 90.2 Å². The van der Waals surface area contributed by atoms with Crippen LogP contribution in [0.2, 0.25) is 43.1 Å². The third-order valence-corrected chi connectivity index (χ3v) is 32.6. The summed E-state index contributed by atoms with van der Waals surface area (Å²) < 4.78 is 30.3. The van der Waals surface area contributed by atoms with Gasteiger partial charge in [0, 0.05) is 24.2 Å². The maximum atomic E-state index is 14.4. The minimum absolute atomic E-state index is 0.0597. The number of hydrogen-bond donors (Lipinski definition) is 1. The van der Waals surface area contributed by atoms with Gasteiger partial charge in [0.25, 0.3) is 0 Å². The highest BCUT2D eigenvalue weighted by Crippen LogP contribution is 2.60. The Balaban J connectivity index is 1.54. The van der Waals surface area contributed by atoms with Crippen molar-refractivity contribution >= 4 is 61.7 Å². The molecule has 4 rings (SSSR count). The number of cyclic esters (lactones) is 2. The zero-order valence-electron chi connectivity index (χ0n) is 43.1. The Morgan fingerprint density at radius 2 is 1.43 bits per heavy atom. The molecule has 65 heavy (non-hydrogen) atoms. The summed E-state index contributed by atoms with van der Waals surface area (Å²) in [6.07, 6.45) is 2.98. The Hall–Kier alpha value is -2.37. The summed E-state index contributed by atoms with van der Waals surface area (Å²) in [7, 11) is -3.31. The molecule has 15 heteroatoms. The van der Waals surface area contributed by atoms with Gasteiger partial charge in [-0.1, -0.05) is 59.4 Å². The minimum Gasteiger partial charge on any atom is -0.481 e. The van der Waals surface area contributed by atoms with Crippen LogP contribution in [0.1, 0.15) is 141 Å². The van der Waals surface area contributed by atoms with E-state index in [2.05, 4.69) is 33.5 Å². The third-order valence-electron chi connectivity index (χ3n) is 15.9. The molecule has 4 fully saturated rings. The van der Waals surface area contributed by atoms with Crippen molar-refractivity contribution in [1.82, 2.24) is 0 Å². The summed E-state index contributed by atoms with van der Waals surface area (Å²) in [6.45, 7) is 32.2. The number of carboxylic acid groups (broad SMARTS) is 1. The van der Waals surface area contributed by atoms with Gasteiger partial charge in [-0.2, -0.15) is 0 Å². The number of hydrogen-bond acceptors (Lipinski definition) is 11. The van der Waals surface area contributed by atoms with E-state index in [1.165, 1.54) is 30.3 Å². The lowest BCUT2D eigenvalue weighted by Gasteiger charge is -2.41. The first-order chi connectivity index (χ1) is 29.8. The topological polar surface area (TPSA) is 169 Å². The fraction of sp³-hybridized carbons (Fsp3) is 0.880. The molecule has 2 bridgehead atoms. The smallest absolute Gasteiger partial charge is 0.318 e. The molecule has 0 radical (unpaired) electrons. The van der Waals surface area contributed by atoms with Gasteiger partial charge in [0.05, 0.1) is 35.0 Å². The number of esters is 5. The van der Waals surface area contributed by atoms with E-state index < -0.39 is 102 Å². The van der Waals surface area contributed by atoms with Crippen LogP contribution in [-0.2, 0) is 52.1 Å². The Kier molecular flexibility index (Phi) is 18.3. The summed E-state index contributed by atoms with van der Waals surface area (Å²) in [5.74, 6) is -7.58. The molecule has 1 N–H and O–H groups in total. The van der Waals surface area contributed by atoms with E-state index in [1.807, 2.05) is 27.7 Å². The van der Waals surface area contributed by atoms with Gasteiger partial charge in [0.15, 0.2) is 8.32 Å². The maximum Gasteiger partial charge on any atom is 0.318 e. The van der Waals surface area contributed by atoms with Crippen molar-refractivity contribution in [2.45, 2.75) is 201 Å². The molecule has 15 atom stereocenters. The van der Waals surface area contributed by atoms with Crippen molar-refractivity contribution < 1.29 is 57.2 Å². The molecule has 372 valence electrons. The first kappa shape index (κ1) is 55.2. The Morgan fingerprint density at radius 1 is 0.831 bits per heavy atom. The molecule has 0 amide bonds. The number of rotatable bonds is 20. The number of ether oxygens (including phenoxy) is 4. The molecule has 0 spiro atoms. The van der Waals surface area contributed by atoms with Gasteiger partial charge in [-0.3, -0.25) is 28.8 Å². The molecule has 0 aromatic heterocycles. The predicted molar refractivity (Wildman–Crippen MR) is 260 cm³/mol. The second-order valence-corrected chi connectivity index (χ2v) is 36.5. The van der Waals surface area contributed by atoms with Crippen molar-refractivity contribution in [3.63, 3.8) is 0 Å². The van der Waals surface area contributed by atoms with Gasteiger partial charge in [-0.05, 0) is 161 Å². The van der Waals surface area contributed by atoms with Crippen molar-refractivity contribution in [1.29, 1.82) is 0 Å². The second kappa shape index (κ2) is 21.5. The standard InChI is InChI=1S/C50H88O12Si3/c1-17-31(4)41(51)61-48(9,10)19-20-49(11,12)62-42(52)33(18-2)23-50(13,46(56)57)24-37(43(53)60-47(6,7)8)39-40(45(55)59-44(39)54)38-32(5)36-22-34(38)21-35(36)25-58-65(16)27-30(3)26-63(14)28-64(15)29-65/h30-40,63-64H,17-29H2,1-16H3,(H,56,57). The van der Waals surface area contributed by atoms with Crippen LogP contribution in [0.3, 0.4) is 0 Å². The SMILES string of the molecule is CCC(C)C(=O)OC(C)(C)CCC(C)(C)OC(=O)C(CC)CC(C)(CC(C(=O)OC(C)(C)C)C1C(=O)OC(=O)C1C1C2CC(CO[Si]3(C)CC(C)C[SiH](C)C[SiH](C)C3)C(C2)C1C)C(=O)O. The molecule has 0 aromatic rings. The van der Waals surface area contributed by atoms with Gasteiger partial charge in [0.1, 0.15) is 16.8 Å². The highest BCUT2D eigenvalue weighted by molar-refractivity contribution is 6.89. The van der Waals surface area contributed by atoms with Gasteiger partial charge < -0.3 is 28.5 Å². The van der Waals surface area contributed by atoms with Crippen LogP contribution in [0.15, 0.2) is 0 Å². The Morgan fingerprint density at radius 3 is 1.97 bits per heavy atom. The van der Waals surface area contributed by atoms with E-state index >= 15 is 0 Å². The van der Waals surface area contributed by atoms with Crippen LogP contribution in [0.4, 0.5) is 0 Å². The zero-order valence-corrected chi connectivity index (χ0v) is 46.4. The molecule has 2 saturated carbocycles. The first-order valence-corrected chi connectivity index (χ1v) is 33.5. The monoisotopic (exact) mass is 965 g/mol. The summed E-state index contributed by atoms with van der Waals surface area (Å²) in [6, 6.07) is 2.64. The van der Waals surface area contributed by atoms with Crippen molar-refractivity contribution in [3.8, 4) is 0 Å². The van der Waals surface area contributed by atoms with Crippen molar-refractivity contribution in [2.75, 3.05) is 6.61 Å². The van der Waals surface area contributed by atoms with E-state index in [0.29, 0.717) is 31.1 Å². The second-order valence-electron chi connectivity index (χ2n) is 24.5. The molecule has 2 aliphatic carbocycles. The molecule has 2 heterocycles. The van der Waals surface area contributed by atoms with E-state index in [0.717, 1.165) is 25.4 Å². The molecule has 0 aromatic carbocycles. The average molecular weight is 965 g/mol. The minimum atomic E-state index is -1.88. The summed E-state index contributed by atoms with van der Waals surface area (Å²) in [4.78, 5) is 82.3. The quantitative estimate of drug-likeness (QED) is 0.0532. The lowest BCUT2D eigenvalue weighted by atomic mass is 9.62. The number of aliphatic carboxylic acids is 1. The lowest BCUT2D eigenvalue weighted by Crippen LogP contribution is -2.47. The normalized spacial score (nSPS) is 33.2. The van der Waals surface area contributed by atoms with Crippen molar-refractivity contribution in [3.05, 3.63) is 0 Å². The van der Waals surface area contributed by atoms with Gasteiger partial charge in [0.2, 0.25) is 0 Å². The van der Waals surface area contributed by atoms with Gasteiger partial charge in [-0.15, -0.1) is 0 Å². The summed E-state index contributed by atoms with van der Waals surface area (Å²) in [5.41, 5.74) is -1.60. The first-order valence-electron chi connectivity index (χ1n) is 25.1. The number of carbonyl (C=O) groups is 6. The lowest BCUT2D eigenvalue weighted by molar-refractivity contribution is -0.173. The maximum absolute atomic E-state index is 14.4. The van der Waals surface area contributed by atoms with Gasteiger partial charge >= 0.3 is 35.8 Å². The largest absolute Gasteiger partial charge is 0.481 e. The molecular formula is C50H88O12Si3. The highest BCUT2D eigenvalue weighted by atomic mass is 28.4. The molecule has 12 nitrogen and oxygen atoms in total. The van der Waals surface area contributed by atoms with E-state index in [9.17, 15) is 33.9 Å². The van der Waals surface area contributed by atoms with E-state index in [-0.39, 0.29) is 48.9 Å². The molecule has 2 aliphatic heterocycles. The van der Waals surface area contributed by atoms with E-state index in [4.69, 9.17) is 23.4 Å². The van der Waals surface area contributed by atoms with Crippen LogP contribution in [0.5, 0.6) is 0 Å². The number of fused-ring (bicyclic) bond motifs is 2. The van der Waals surface area contributed by atoms with Crippen LogP contribution in [0.25, 0.3) is 0 Å². The average Bonchev–Trinajstić information content (AvgIpc) is 3.81. The summed E-state index contributed by atoms with van der Waals surface area (Å²) >= 11 is 0. The van der Waals surface area contributed by atoms with Crippen LogP contribution in [0, 0.1) is 70.5 Å². The fourth-order valence-corrected chi connectivity index (χ4v) is 32.4. The summed E-state index contributed by atoms with van der Waals surface area (Å²) in [5, 5.41) is 11.0. The number of carbonyl (C=O) groups excluding carboxylic acids is 5. The van der Waals surface area contributed by atoms with Gasteiger partial charge in [-0.25, -0.2) is 0 Å². The molecular weight excluding hydrogens is 877 g/mol. The molecule has 2 saturated heterocycles. The third kappa shape index (κ3) is 14.3. The van der Waals surface area contributed by atoms with Crippen LogP contribution >= 0.6 is 0 Å². The highest BCUT2D eigenvalue weighted by Gasteiger charge is 2.63. The Bertz CT molecular complexity index is 1710.